The minimum absolute atomic E-state index is 0.182. The van der Waals surface area contributed by atoms with Gasteiger partial charge >= 0.3 is 5.97 Å². The highest BCUT2D eigenvalue weighted by Crippen LogP contribution is 2.43. The van der Waals surface area contributed by atoms with Crippen LogP contribution < -0.4 is 0 Å². The fourth-order valence-corrected chi connectivity index (χ4v) is 4.06. The lowest BCUT2D eigenvalue weighted by Gasteiger charge is -2.43. The number of benzene rings is 1. The average Bonchev–Trinajstić information content (AvgIpc) is 2.79. The Balaban J connectivity index is 1.66. The third-order valence-corrected chi connectivity index (χ3v) is 5.35. The summed E-state index contributed by atoms with van der Waals surface area (Å²) in [7, 11) is 2.23. The quantitative estimate of drug-likeness (QED) is 0.924. The molecule has 0 radical (unpaired) electrons. The van der Waals surface area contributed by atoms with E-state index in [2.05, 4.69) is 47.2 Å². The summed E-state index contributed by atoms with van der Waals surface area (Å²) in [5, 5.41) is 8.91. The molecule has 0 aliphatic carbocycles. The third-order valence-electron chi connectivity index (χ3n) is 5.35. The van der Waals surface area contributed by atoms with Gasteiger partial charge in [-0.3, -0.25) is 14.6 Å². The normalized spacial score (nSPS) is 26.2. The predicted octanol–water partition coefficient (Wildman–Crippen LogP) is 2.02. The van der Waals surface area contributed by atoms with Crippen LogP contribution in [0.5, 0.6) is 0 Å². The van der Waals surface area contributed by atoms with Crippen molar-refractivity contribution >= 4 is 5.97 Å². The predicted molar refractivity (Wildman–Crippen MR) is 82.5 cm³/mol. The van der Waals surface area contributed by atoms with Crippen LogP contribution in [0.1, 0.15) is 30.7 Å². The Morgan fingerprint density at radius 1 is 1.29 bits per heavy atom. The Bertz CT molecular complexity index is 495. The van der Waals surface area contributed by atoms with E-state index < -0.39 is 5.97 Å². The van der Waals surface area contributed by atoms with E-state index in [9.17, 15) is 4.79 Å². The number of nitrogens with zero attached hydrogens (tertiary/aromatic N) is 2. The van der Waals surface area contributed by atoms with Gasteiger partial charge in [0.25, 0.3) is 0 Å². The van der Waals surface area contributed by atoms with Crippen LogP contribution in [0, 0.1) is 0 Å². The molecule has 2 saturated heterocycles. The molecular weight excluding hydrogens is 264 g/mol. The van der Waals surface area contributed by atoms with Crippen LogP contribution >= 0.6 is 0 Å². The first kappa shape index (κ1) is 14.5. The van der Waals surface area contributed by atoms with E-state index >= 15 is 0 Å². The number of carbonyl (C=O) groups is 1. The number of hydrogen-bond donors (Lipinski definition) is 1. The monoisotopic (exact) mass is 288 g/mol. The van der Waals surface area contributed by atoms with Crippen molar-refractivity contribution in [1.29, 1.82) is 0 Å². The SMILES string of the molecule is CN1CC(c2ccccc2)CC12CCN(CC(=O)O)CC2. The number of carboxylic acids is 1. The number of piperidine rings is 1. The molecule has 4 heteroatoms. The summed E-state index contributed by atoms with van der Waals surface area (Å²) in [5.74, 6) is -0.102. The summed E-state index contributed by atoms with van der Waals surface area (Å²) in [4.78, 5) is 15.4. The molecule has 4 nitrogen and oxygen atoms in total. The largest absolute Gasteiger partial charge is 0.480 e. The maximum Gasteiger partial charge on any atom is 0.317 e. The molecule has 1 N–H and O–H groups in total. The molecular formula is C17H24N2O2. The maximum absolute atomic E-state index is 10.8. The molecule has 2 fully saturated rings. The van der Waals surface area contributed by atoms with Crippen LogP contribution in [0.2, 0.25) is 0 Å². The summed E-state index contributed by atoms with van der Waals surface area (Å²) in [6.45, 7) is 3.10. The topological polar surface area (TPSA) is 43.8 Å². The number of hydrogen-bond acceptors (Lipinski definition) is 3. The van der Waals surface area contributed by atoms with Gasteiger partial charge in [-0.05, 0) is 37.8 Å². The summed E-state index contributed by atoms with van der Waals surface area (Å²) in [6.07, 6.45) is 3.37. The Labute approximate surface area is 126 Å². The molecule has 2 heterocycles. The third kappa shape index (κ3) is 2.97. The Kier molecular flexibility index (Phi) is 4.00. The molecule has 1 unspecified atom stereocenters. The Hall–Kier alpha value is -1.39. The van der Waals surface area contributed by atoms with Crippen molar-refractivity contribution in [2.24, 2.45) is 0 Å². The number of aliphatic carboxylic acids is 1. The number of carboxylic acid groups (broad SMARTS) is 1. The molecule has 1 aromatic carbocycles. The van der Waals surface area contributed by atoms with Crippen molar-refractivity contribution in [2.75, 3.05) is 33.2 Å². The molecule has 2 aliphatic rings. The first-order valence-corrected chi connectivity index (χ1v) is 7.79. The zero-order valence-corrected chi connectivity index (χ0v) is 12.7. The standard InChI is InChI=1S/C17H24N2O2/c1-18-12-15(14-5-3-2-4-6-14)11-17(18)7-9-19(10-8-17)13-16(20)21/h2-6,15H,7-13H2,1H3,(H,20,21). The molecule has 21 heavy (non-hydrogen) atoms. The van der Waals surface area contributed by atoms with Crippen molar-refractivity contribution in [1.82, 2.24) is 9.80 Å². The van der Waals surface area contributed by atoms with Crippen LogP contribution in [-0.2, 0) is 4.79 Å². The molecule has 3 rings (SSSR count). The molecule has 2 aliphatic heterocycles. The van der Waals surface area contributed by atoms with Gasteiger partial charge in [-0.25, -0.2) is 0 Å². The van der Waals surface area contributed by atoms with Crippen molar-refractivity contribution in [2.45, 2.75) is 30.7 Å². The zero-order chi connectivity index (χ0) is 14.9. The molecule has 0 saturated carbocycles. The van der Waals surface area contributed by atoms with Gasteiger partial charge in [0.15, 0.2) is 0 Å². The van der Waals surface area contributed by atoms with E-state index in [0.717, 1.165) is 32.5 Å². The smallest absolute Gasteiger partial charge is 0.317 e. The molecule has 1 aromatic rings. The highest BCUT2D eigenvalue weighted by atomic mass is 16.4. The van der Waals surface area contributed by atoms with Crippen LogP contribution in [-0.4, -0.2) is 59.6 Å². The van der Waals surface area contributed by atoms with E-state index in [-0.39, 0.29) is 12.1 Å². The van der Waals surface area contributed by atoms with Gasteiger partial charge in [0.05, 0.1) is 6.54 Å². The van der Waals surface area contributed by atoms with E-state index in [1.165, 1.54) is 12.0 Å². The molecule has 1 spiro atoms. The lowest BCUT2D eigenvalue weighted by Crippen LogP contribution is -2.51. The second-order valence-electron chi connectivity index (χ2n) is 6.59. The van der Waals surface area contributed by atoms with Crippen LogP contribution in [0.4, 0.5) is 0 Å². The van der Waals surface area contributed by atoms with Crippen molar-refractivity contribution < 1.29 is 9.90 Å². The molecule has 1 atom stereocenters. The zero-order valence-electron chi connectivity index (χ0n) is 12.7. The van der Waals surface area contributed by atoms with Crippen molar-refractivity contribution in [3.8, 4) is 0 Å². The van der Waals surface area contributed by atoms with Crippen molar-refractivity contribution in [3.63, 3.8) is 0 Å². The first-order chi connectivity index (χ1) is 10.1. The highest BCUT2D eigenvalue weighted by Gasteiger charge is 2.45. The Morgan fingerprint density at radius 2 is 1.95 bits per heavy atom. The van der Waals surface area contributed by atoms with Gasteiger partial charge in [-0.2, -0.15) is 0 Å². The van der Waals surface area contributed by atoms with Crippen LogP contribution in [0.15, 0.2) is 30.3 Å². The fourth-order valence-electron chi connectivity index (χ4n) is 4.06. The molecule has 0 aromatic heterocycles. The molecule has 0 bridgehead atoms. The van der Waals surface area contributed by atoms with E-state index in [4.69, 9.17) is 5.11 Å². The number of rotatable bonds is 3. The minimum Gasteiger partial charge on any atom is -0.480 e. The maximum atomic E-state index is 10.8. The van der Waals surface area contributed by atoms with Gasteiger partial charge < -0.3 is 5.11 Å². The summed E-state index contributed by atoms with van der Waals surface area (Å²) in [6, 6.07) is 10.8. The van der Waals surface area contributed by atoms with Crippen molar-refractivity contribution in [3.05, 3.63) is 35.9 Å². The molecule has 114 valence electrons. The fraction of sp³-hybridized carbons (Fsp3) is 0.588. The van der Waals surface area contributed by atoms with E-state index in [0.29, 0.717) is 5.92 Å². The van der Waals surface area contributed by atoms with Crippen LogP contribution in [0.25, 0.3) is 0 Å². The van der Waals surface area contributed by atoms with Gasteiger partial charge in [0.2, 0.25) is 0 Å². The van der Waals surface area contributed by atoms with Crippen LogP contribution in [0.3, 0.4) is 0 Å². The first-order valence-electron chi connectivity index (χ1n) is 7.79. The lowest BCUT2D eigenvalue weighted by atomic mass is 9.81. The summed E-state index contributed by atoms with van der Waals surface area (Å²) < 4.78 is 0. The lowest BCUT2D eigenvalue weighted by molar-refractivity contribution is -0.138. The van der Waals surface area contributed by atoms with Gasteiger partial charge in [-0.1, -0.05) is 30.3 Å². The molecule has 0 amide bonds. The summed E-state index contributed by atoms with van der Waals surface area (Å²) in [5.41, 5.74) is 1.71. The van der Waals surface area contributed by atoms with E-state index in [1.807, 2.05) is 0 Å². The van der Waals surface area contributed by atoms with E-state index in [1.54, 1.807) is 0 Å². The number of likely N-dealkylation sites (N-methyl/N-ethyl adjacent to an activating group) is 1. The highest BCUT2D eigenvalue weighted by molar-refractivity contribution is 5.69. The van der Waals surface area contributed by atoms with Gasteiger partial charge in [-0.15, -0.1) is 0 Å². The minimum atomic E-state index is -0.715. The Morgan fingerprint density at radius 3 is 2.57 bits per heavy atom. The average molecular weight is 288 g/mol. The summed E-state index contributed by atoms with van der Waals surface area (Å²) >= 11 is 0. The second-order valence-corrected chi connectivity index (χ2v) is 6.59. The van der Waals surface area contributed by atoms with Gasteiger partial charge in [0.1, 0.15) is 0 Å². The van der Waals surface area contributed by atoms with Gasteiger partial charge in [0, 0.05) is 25.2 Å². The second kappa shape index (κ2) is 5.78. The number of likely N-dealkylation sites (tertiary alicyclic amines) is 2.